The molecule has 1 rings (SSSR count). The van der Waals surface area contributed by atoms with Gasteiger partial charge in [0.15, 0.2) is 5.78 Å². The minimum atomic E-state index is -0.187. The maximum absolute atomic E-state index is 11.1. The zero-order valence-corrected chi connectivity index (χ0v) is 7.74. The van der Waals surface area contributed by atoms with Gasteiger partial charge in [-0.1, -0.05) is 0 Å². The van der Waals surface area contributed by atoms with Gasteiger partial charge in [-0.15, -0.1) is 0 Å². The largest absolute Gasteiger partial charge is 0.303 e. The maximum Gasteiger partial charge on any atom is 0.170 e. The van der Waals surface area contributed by atoms with E-state index in [0.717, 1.165) is 0 Å². The van der Waals surface area contributed by atoms with E-state index in [1.807, 2.05) is 0 Å². The van der Waals surface area contributed by atoms with Gasteiger partial charge in [-0.05, 0) is 28.1 Å². The topological polar surface area (TPSA) is 47.0 Å². The number of hydrogen-bond acceptors (Lipinski definition) is 3. The van der Waals surface area contributed by atoms with Gasteiger partial charge in [-0.3, -0.25) is 4.79 Å². The number of carbonyl (C=O) groups is 2. The quantitative estimate of drug-likeness (QED) is 0.341. The van der Waals surface area contributed by atoms with Gasteiger partial charge in [0.2, 0.25) is 0 Å². The number of ketones is 1. The third-order valence-corrected chi connectivity index (χ3v) is 1.75. The van der Waals surface area contributed by atoms with Crippen molar-refractivity contribution in [2.24, 2.45) is 0 Å². The standard InChI is InChI=1S/C8H6BrNO2/c9-8-5-6(1-3-10-8)7(12)2-4-11/h1,3-5H,2H2. The molecule has 0 aliphatic carbocycles. The van der Waals surface area contributed by atoms with Crippen LogP contribution in [0.4, 0.5) is 0 Å². The molecule has 1 aromatic rings. The van der Waals surface area contributed by atoms with Crippen LogP contribution in [0, 0.1) is 0 Å². The highest BCUT2D eigenvalue weighted by atomic mass is 79.9. The van der Waals surface area contributed by atoms with Crippen molar-refractivity contribution >= 4 is 28.0 Å². The van der Waals surface area contributed by atoms with E-state index in [-0.39, 0.29) is 12.2 Å². The highest BCUT2D eigenvalue weighted by Gasteiger charge is 2.04. The van der Waals surface area contributed by atoms with Crippen LogP contribution in [-0.4, -0.2) is 17.1 Å². The van der Waals surface area contributed by atoms with Crippen LogP contribution in [0.1, 0.15) is 16.8 Å². The van der Waals surface area contributed by atoms with Crippen molar-refractivity contribution in [1.29, 1.82) is 0 Å². The number of hydrogen-bond donors (Lipinski definition) is 0. The minimum absolute atomic E-state index is 0.0730. The van der Waals surface area contributed by atoms with E-state index < -0.39 is 0 Å². The second kappa shape index (κ2) is 4.11. The molecular formula is C8H6BrNO2. The molecule has 0 aromatic carbocycles. The third-order valence-electron chi connectivity index (χ3n) is 1.32. The monoisotopic (exact) mass is 227 g/mol. The number of nitrogens with zero attached hydrogens (tertiary/aromatic N) is 1. The van der Waals surface area contributed by atoms with E-state index in [1.54, 1.807) is 12.1 Å². The normalized spacial score (nSPS) is 9.42. The summed E-state index contributed by atoms with van der Waals surface area (Å²) in [5.74, 6) is -0.187. The van der Waals surface area contributed by atoms with Crippen molar-refractivity contribution in [3.05, 3.63) is 28.5 Å². The summed E-state index contributed by atoms with van der Waals surface area (Å²) in [5, 5.41) is 0. The van der Waals surface area contributed by atoms with Gasteiger partial charge in [0.1, 0.15) is 10.9 Å². The number of aromatic nitrogens is 1. The molecule has 0 radical (unpaired) electrons. The number of halogens is 1. The lowest BCUT2D eigenvalue weighted by atomic mass is 10.1. The van der Waals surface area contributed by atoms with Crippen LogP contribution < -0.4 is 0 Å². The van der Waals surface area contributed by atoms with E-state index in [0.29, 0.717) is 16.5 Å². The van der Waals surface area contributed by atoms with Gasteiger partial charge in [0, 0.05) is 11.8 Å². The van der Waals surface area contributed by atoms with Crippen LogP contribution in [0.15, 0.2) is 22.9 Å². The zero-order chi connectivity index (χ0) is 8.97. The Morgan fingerprint density at radius 2 is 2.42 bits per heavy atom. The van der Waals surface area contributed by atoms with E-state index in [4.69, 9.17) is 0 Å². The molecule has 0 fully saturated rings. The number of Topliss-reactive ketones (excluding diaryl/α,β-unsaturated/α-hetero) is 1. The summed E-state index contributed by atoms with van der Waals surface area (Å²) < 4.78 is 0.597. The van der Waals surface area contributed by atoms with Crippen LogP contribution in [-0.2, 0) is 4.79 Å². The summed E-state index contributed by atoms with van der Waals surface area (Å²) >= 11 is 3.13. The molecule has 0 atom stereocenters. The van der Waals surface area contributed by atoms with Gasteiger partial charge >= 0.3 is 0 Å². The molecule has 0 amide bonds. The fourth-order valence-electron chi connectivity index (χ4n) is 0.769. The lowest BCUT2D eigenvalue weighted by molar-refractivity contribution is -0.107. The van der Waals surface area contributed by atoms with Crippen LogP contribution in [0.25, 0.3) is 0 Å². The Labute approximate surface area is 77.9 Å². The third kappa shape index (κ3) is 2.23. The smallest absolute Gasteiger partial charge is 0.170 e. The van der Waals surface area contributed by atoms with Crippen molar-refractivity contribution in [3.8, 4) is 0 Å². The second-order valence-electron chi connectivity index (χ2n) is 2.16. The lowest BCUT2D eigenvalue weighted by Gasteiger charge is -1.95. The fourth-order valence-corrected chi connectivity index (χ4v) is 1.13. The number of pyridine rings is 1. The molecule has 0 bridgehead atoms. The molecule has 4 heteroatoms. The van der Waals surface area contributed by atoms with Crippen LogP contribution in [0.5, 0.6) is 0 Å². The van der Waals surface area contributed by atoms with Crippen molar-refractivity contribution in [2.45, 2.75) is 6.42 Å². The maximum atomic E-state index is 11.1. The minimum Gasteiger partial charge on any atom is -0.303 e. The van der Waals surface area contributed by atoms with Gasteiger partial charge in [-0.2, -0.15) is 0 Å². The average molecular weight is 228 g/mol. The van der Waals surface area contributed by atoms with Crippen molar-refractivity contribution < 1.29 is 9.59 Å². The molecule has 0 spiro atoms. The predicted octanol–water partition coefficient (Wildman–Crippen LogP) is 1.62. The van der Waals surface area contributed by atoms with E-state index in [9.17, 15) is 9.59 Å². The van der Waals surface area contributed by atoms with E-state index >= 15 is 0 Å². The van der Waals surface area contributed by atoms with Gasteiger partial charge in [0.05, 0.1) is 6.42 Å². The molecule has 0 saturated carbocycles. The first kappa shape index (κ1) is 9.06. The molecule has 0 aliphatic heterocycles. The summed E-state index contributed by atoms with van der Waals surface area (Å²) in [6.07, 6.45) is 2.04. The molecule has 12 heavy (non-hydrogen) atoms. The first-order valence-corrected chi connectivity index (χ1v) is 4.11. The summed E-state index contributed by atoms with van der Waals surface area (Å²) in [6.45, 7) is 0. The van der Waals surface area contributed by atoms with Crippen molar-refractivity contribution in [3.63, 3.8) is 0 Å². The Kier molecular flexibility index (Phi) is 3.10. The Bertz CT molecular complexity index is 312. The number of carbonyl (C=O) groups excluding carboxylic acids is 2. The Morgan fingerprint density at radius 3 is 3.00 bits per heavy atom. The van der Waals surface area contributed by atoms with E-state index in [2.05, 4.69) is 20.9 Å². The van der Waals surface area contributed by atoms with Gasteiger partial charge in [-0.25, -0.2) is 4.98 Å². The lowest BCUT2D eigenvalue weighted by Crippen LogP contribution is -1.99. The second-order valence-corrected chi connectivity index (χ2v) is 2.97. The molecular weight excluding hydrogens is 222 g/mol. The van der Waals surface area contributed by atoms with Gasteiger partial charge in [0.25, 0.3) is 0 Å². The number of rotatable bonds is 3. The molecule has 62 valence electrons. The Morgan fingerprint density at radius 1 is 1.67 bits per heavy atom. The predicted molar refractivity (Wildman–Crippen MR) is 46.9 cm³/mol. The summed E-state index contributed by atoms with van der Waals surface area (Å²) in [5.41, 5.74) is 0.504. The SMILES string of the molecule is O=CCC(=O)c1ccnc(Br)c1. The molecule has 0 aliphatic rings. The van der Waals surface area contributed by atoms with E-state index in [1.165, 1.54) is 6.20 Å². The molecule has 0 N–H and O–H groups in total. The molecule has 3 nitrogen and oxygen atoms in total. The molecule has 1 aromatic heterocycles. The van der Waals surface area contributed by atoms with Crippen LogP contribution in [0.3, 0.4) is 0 Å². The first-order valence-electron chi connectivity index (χ1n) is 3.32. The Hall–Kier alpha value is -1.03. The molecule has 0 unspecified atom stereocenters. The van der Waals surface area contributed by atoms with Crippen LogP contribution in [0.2, 0.25) is 0 Å². The van der Waals surface area contributed by atoms with Crippen LogP contribution >= 0.6 is 15.9 Å². The molecule has 0 saturated heterocycles. The number of aldehydes is 1. The zero-order valence-electron chi connectivity index (χ0n) is 6.16. The fraction of sp³-hybridized carbons (Fsp3) is 0.125. The summed E-state index contributed by atoms with van der Waals surface area (Å²) in [7, 11) is 0. The Balaban J connectivity index is 2.87. The van der Waals surface area contributed by atoms with Gasteiger partial charge < -0.3 is 4.79 Å². The summed E-state index contributed by atoms with van der Waals surface area (Å²) in [4.78, 5) is 25.0. The highest BCUT2D eigenvalue weighted by molar-refractivity contribution is 9.10. The first-order chi connectivity index (χ1) is 5.74. The molecule has 1 heterocycles. The van der Waals surface area contributed by atoms with Crippen molar-refractivity contribution in [2.75, 3.05) is 0 Å². The highest BCUT2D eigenvalue weighted by Crippen LogP contribution is 2.09. The van der Waals surface area contributed by atoms with Crippen molar-refractivity contribution in [1.82, 2.24) is 4.98 Å². The average Bonchev–Trinajstić information content (AvgIpc) is 2.05. The summed E-state index contributed by atoms with van der Waals surface area (Å²) in [6, 6.07) is 3.17.